The molecule has 3 rings (SSSR count). The van der Waals surface area contributed by atoms with Gasteiger partial charge in [-0.3, -0.25) is 4.90 Å². The summed E-state index contributed by atoms with van der Waals surface area (Å²) in [4.78, 5) is 2.39. The van der Waals surface area contributed by atoms with Gasteiger partial charge in [0.25, 0.3) is 0 Å². The smallest absolute Gasteiger partial charge is 0.137 e. The quantitative estimate of drug-likeness (QED) is 0.787. The van der Waals surface area contributed by atoms with Crippen LogP contribution in [-0.4, -0.2) is 34.4 Å². The Morgan fingerprint density at radius 3 is 2.50 bits per heavy atom. The molecule has 0 bridgehead atoms. The van der Waals surface area contributed by atoms with E-state index in [0.717, 1.165) is 43.4 Å². The minimum atomic E-state index is -0.186. The molecule has 2 N–H and O–H groups in total. The molecule has 2 aromatic carbocycles. The van der Waals surface area contributed by atoms with Crippen LogP contribution in [0.5, 0.6) is 11.5 Å². The third-order valence-electron chi connectivity index (χ3n) is 5.12. The maximum Gasteiger partial charge on any atom is 0.137 e. The predicted octanol–water partition coefficient (Wildman–Crippen LogP) is 4.36. The number of methoxy groups -OCH3 is 1. The van der Waals surface area contributed by atoms with E-state index in [1.807, 2.05) is 30.3 Å². The molecule has 1 saturated carbocycles. The molecule has 1 aliphatic carbocycles. The van der Waals surface area contributed by atoms with E-state index >= 15 is 0 Å². The Hall–Kier alpha value is -1.75. The topological polar surface area (TPSA) is 52.9 Å². The third-order valence-corrected chi connectivity index (χ3v) is 5.54. The van der Waals surface area contributed by atoms with E-state index in [9.17, 15) is 10.2 Å². The monoisotopic (exact) mass is 375 g/mol. The molecule has 4 nitrogen and oxygen atoms in total. The summed E-state index contributed by atoms with van der Waals surface area (Å²) >= 11 is 6.51. The summed E-state index contributed by atoms with van der Waals surface area (Å²) in [6.07, 6.45) is 3.39. The second-order valence-electron chi connectivity index (χ2n) is 6.97. The molecule has 0 amide bonds. The third kappa shape index (κ3) is 4.70. The first kappa shape index (κ1) is 19.0. The lowest BCUT2D eigenvalue weighted by Gasteiger charge is -2.36. The Morgan fingerprint density at radius 2 is 1.81 bits per heavy atom. The summed E-state index contributed by atoms with van der Waals surface area (Å²) in [7, 11) is 1.62. The SMILES string of the molecule is COc1cccc(CN(Cc2cccc(O)c2)C2CCC(O)CC2)c1Cl. The van der Waals surface area contributed by atoms with Crippen molar-refractivity contribution in [3.05, 3.63) is 58.6 Å². The lowest BCUT2D eigenvalue weighted by Crippen LogP contribution is -2.38. The highest BCUT2D eigenvalue weighted by Gasteiger charge is 2.26. The Kier molecular flexibility index (Phi) is 6.41. The van der Waals surface area contributed by atoms with Crippen molar-refractivity contribution in [3.8, 4) is 11.5 Å². The molecule has 0 spiro atoms. The Balaban J connectivity index is 1.83. The number of halogens is 1. The second kappa shape index (κ2) is 8.76. The average molecular weight is 376 g/mol. The summed E-state index contributed by atoms with van der Waals surface area (Å²) in [6, 6.07) is 13.6. The van der Waals surface area contributed by atoms with Gasteiger partial charge in [-0.15, -0.1) is 0 Å². The van der Waals surface area contributed by atoms with Gasteiger partial charge in [0.1, 0.15) is 11.5 Å². The van der Waals surface area contributed by atoms with Crippen molar-refractivity contribution in [1.82, 2.24) is 4.90 Å². The number of hydrogen-bond donors (Lipinski definition) is 2. The van der Waals surface area contributed by atoms with Crippen molar-refractivity contribution in [2.75, 3.05) is 7.11 Å². The van der Waals surface area contributed by atoms with Crippen molar-refractivity contribution in [1.29, 1.82) is 0 Å². The van der Waals surface area contributed by atoms with Crippen LogP contribution in [0.1, 0.15) is 36.8 Å². The Bertz CT molecular complexity index is 729. The van der Waals surface area contributed by atoms with Gasteiger partial charge in [-0.1, -0.05) is 35.9 Å². The van der Waals surface area contributed by atoms with Crippen LogP contribution in [0, 0.1) is 0 Å². The van der Waals surface area contributed by atoms with Crippen molar-refractivity contribution in [2.45, 2.75) is 50.9 Å². The van der Waals surface area contributed by atoms with E-state index in [1.54, 1.807) is 19.2 Å². The normalized spacial score (nSPS) is 20.3. The molecular weight excluding hydrogens is 350 g/mol. The standard InChI is InChI=1S/C21H26ClNO3/c1-26-20-7-3-5-16(21(20)22)14-23(17-8-10-18(24)11-9-17)13-15-4-2-6-19(25)12-15/h2-7,12,17-18,24-25H,8-11,13-14H2,1H3. The van der Waals surface area contributed by atoms with Crippen LogP contribution >= 0.6 is 11.6 Å². The van der Waals surface area contributed by atoms with E-state index in [2.05, 4.69) is 4.90 Å². The van der Waals surface area contributed by atoms with Gasteiger partial charge in [-0.2, -0.15) is 0 Å². The fourth-order valence-corrected chi connectivity index (χ4v) is 3.94. The molecule has 5 heteroatoms. The summed E-state index contributed by atoms with van der Waals surface area (Å²) < 4.78 is 5.34. The number of nitrogens with zero attached hydrogens (tertiary/aromatic N) is 1. The number of phenolic OH excluding ortho intramolecular Hbond substituents is 1. The number of aromatic hydroxyl groups is 1. The van der Waals surface area contributed by atoms with Crippen LogP contribution in [0.25, 0.3) is 0 Å². The minimum absolute atomic E-state index is 0.186. The molecule has 0 atom stereocenters. The fraction of sp³-hybridized carbons (Fsp3) is 0.429. The maximum absolute atomic E-state index is 9.85. The van der Waals surface area contributed by atoms with Crippen molar-refractivity contribution < 1.29 is 14.9 Å². The fourth-order valence-electron chi connectivity index (χ4n) is 3.68. The van der Waals surface area contributed by atoms with Crippen molar-refractivity contribution in [2.24, 2.45) is 0 Å². The zero-order chi connectivity index (χ0) is 18.5. The molecule has 140 valence electrons. The molecule has 0 saturated heterocycles. The number of ether oxygens (including phenoxy) is 1. The second-order valence-corrected chi connectivity index (χ2v) is 7.35. The van der Waals surface area contributed by atoms with Gasteiger partial charge in [0, 0.05) is 19.1 Å². The summed E-state index contributed by atoms with van der Waals surface area (Å²) in [5, 5.41) is 20.3. The van der Waals surface area contributed by atoms with Gasteiger partial charge >= 0.3 is 0 Å². The molecule has 26 heavy (non-hydrogen) atoms. The summed E-state index contributed by atoms with van der Waals surface area (Å²) in [5.41, 5.74) is 2.09. The lowest BCUT2D eigenvalue weighted by molar-refractivity contribution is 0.0665. The molecule has 0 aromatic heterocycles. The van der Waals surface area contributed by atoms with Crippen LogP contribution in [-0.2, 0) is 13.1 Å². The zero-order valence-corrected chi connectivity index (χ0v) is 15.8. The highest BCUT2D eigenvalue weighted by Crippen LogP contribution is 2.32. The Labute approximate surface area is 160 Å². The molecule has 0 radical (unpaired) electrons. The van der Waals surface area contributed by atoms with E-state index in [4.69, 9.17) is 16.3 Å². The lowest BCUT2D eigenvalue weighted by atomic mass is 9.91. The summed E-state index contributed by atoms with van der Waals surface area (Å²) in [5.74, 6) is 0.960. The van der Waals surface area contributed by atoms with Crippen LogP contribution in [0.3, 0.4) is 0 Å². The van der Waals surface area contributed by atoms with E-state index in [0.29, 0.717) is 23.4 Å². The molecule has 0 heterocycles. The first-order valence-corrected chi connectivity index (χ1v) is 9.46. The number of aliphatic hydroxyl groups excluding tert-OH is 1. The van der Waals surface area contributed by atoms with Crippen LogP contribution in [0.2, 0.25) is 5.02 Å². The van der Waals surface area contributed by atoms with Gasteiger partial charge in [0.2, 0.25) is 0 Å². The van der Waals surface area contributed by atoms with Gasteiger partial charge in [-0.05, 0) is 55.0 Å². The van der Waals surface area contributed by atoms with Crippen LogP contribution in [0.4, 0.5) is 0 Å². The molecule has 1 fully saturated rings. The molecule has 0 aliphatic heterocycles. The first-order valence-electron chi connectivity index (χ1n) is 9.08. The first-order chi connectivity index (χ1) is 12.6. The largest absolute Gasteiger partial charge is 0.508 e. The number of aliphatic hydroxyl groups is 1. The number of rotatable bonds is 6. The van der Waals surface area contributed by atoms with E-state index in [1.165, 1.54) is 0 Å². The predicted molar refractivity (Wildman–Crippen MR) is 104 cm³/mol. The molecule has 0 unspecified atom stereocenters. The van der Waals surface area contributed by atoms with Gasteiger partial charge < -0.3 is 14.9 Å². The van der Waals surface area contributed by atoms with Crippen LogP contribution in [0.15, 0.2) is 42.5 Å². The highest BCUT2D eigenvalue weighted by molar-refractivity contribution is 6.32. The highest BCUT2D eigenvalue weighted by atomic mass is 35.5. The van der Waals surface area contributed by atoms with E-state index in [-0.39, 0.29) is 11.9 Å². The minimum Gasteiger partial charge on any atom is -0.508 e. The maximum atomic E-state index is 9.85. The number of phenols is 1. The average Bonchev–Trinajstić information content (AvgIpc) is 2.63. The van der Waals surface area contributed by atoms with Gasteiger partial charge in [-0.25, -0.2) is 0 Å². The Morgan fingerprint density at radius 1 is 1.08 bits per heavy atom. The van der Waals surface area contributed by atoms with Gasteiger partial charge in [0.05, 0.1) is 18.2 Å². The van der Waals surface area contributed by atoms with Gasteiger partial charge in [0.15, 0.2) is 0 Å². The summed E-state index contributed by atoms with van der Waals surface area (Å²) in [6.45, 7) is 1.43. The van der Waals surface area contributed by atoms with Crippen molar-refractivity contribution in [3.63, 3.8) is 0 Å². The molecule has 2 aromatic rings. The van der Waals surface area contributed by atoms with E-state index < -0.39 is 0 Å². The molecular formula is C21H26ClNO3. The number of hydrogen-bond acceptors (Lipinski definition) is 4. The molecule has 1 aliphatic rings. The number of benzene rings is 2. The van der Waals surface area contributed by atoms with Crippen molar-refractivity contribution >= 4 is 11.6 Å². The zero-order valence-electron chi connectivity index (χ0n) is 15.1. The van der Waals surface area contributed by atoms with Crippen LogP contribution < -0.4 is 4.74 Å².